The molecule has 1 aromatic carbocycles. The maximum Gasteiger partial charge on any atom is 0.306 e. The Bertz CT molecular complexity index is 445. The zero-order chi connectivity index (χ0) is 13.1. The minimum atomic E-state index is -0.211. The predicted molar refractivity (Wildman–Crippen MR) is 68.7 cm³/mol. The van der Waals surface area contributed by atoms with Crippen LogP contribution in [0, 0.1) is 0 Å². The zero-order valence-corrected chi connectivity index (χ0v) is 10.8. The number of hydrogen-bond acceptors (Lipinski definition) is 4. The van der Waals surface area contributed by atoms with Crippen LogP contribution in [0.25, 0.3) is 0 Å². The van der Waals surface area contributed by atoms with Crippen LogP contribution in [0.15, 0.2) is 18.2 Å². The highest BCUT2D eigenvalue weighted by atomic mass is 16.5. The molecular formula is C14H19NO3. The molecule has 98 valence electrons. The smallest absolute Gasteiger partial charge is 0.306 e. The van der Waals surface area contributed by atoms with E-state index in [9.17, 15) is 4.79 Å². The minimum Gasteiger partial charge on any atom is -0.494 e. The number of benzene rings is 1. The third-order valence-electron chi connectivity index (χ3n) is 3.41. The van der Waals surface area contributed by atoms with Gasteiger partial charge in [-0.1, -0.05) is 6.07 Å². The van der Waals surface area contributed by atoms with Crippen LogP contribution in [-0.2, 0) is 16.0 Å². The van der Waals surface area contributed by atoms with Crippen LogP contribution >= 0.6 is 0 Å². The molecule has 2 atom stereocenters. The Balaban J connectivity index is 2.21. The maximum atomic E-state index is 11.4. The zero-order valence-electron chi connectivity index (χ0n) is 10.8. The molecule has 2 N–H and O–H groups in total. The third-order valence-corrected chi connectivity index (χ3v) is 3.41. The van der Waals surface area contributed by atoms with Gasteiger partial charge < -0.3 is 15.2 Å². The van der Waals surface area contributed by atoms with Crippen LogP contribution in [0.2, 0.25) is 0 Å². The van der Waals surface area contributed by atoms with E-state index in [-0.39, 0.29) is 17.9 Å². The summed E-state index contributed by atoms with van der Waals surface area (Å²) in [7, 11) is 1.40. The van der Waals surface area contributed by atoms with Crippen LogP contribution in [-0.4, -0.2) is 25.7 Å². The Kier molecular flexibility index (Phi) is 3.87. The van der Waals surface area contributed by atoms with Gasteiger partial charge in [-0.3, -0.25) is 4.79 Å². The van der Waals surface area contributed by atoms with Gasteiger partial charge in [-0.2, -0.15) is 0 Å². The van der Waals surface area contributed by atoms with Crippen molar-refractivity contribution in [2.75, 3.05) is 13.7 Å². The van der Waals surface area contributed by atoms with Gasteiger partial charge in [-0.15, -0.1) is 0 Å². The normalized spacial score (nSPS) is 21.5. The van der Waals surface area contributed by atoms with Crippen molar-refractivity contribution in [2.24, 2.45) is 5.73 Å². The van der Waals surface area contributed by atoms with Gasteiger partial charge >= 0.3 is 5.97 Å². The molecule has 0 heterocycles. The molecule has 0 radical (unpaired) electrons. The van der Waals surface area contributed by atoms with Crippen LogP contribution in [0.1, 0.15) is 30.4 Å². The summed E-state index contributed by atoms with van der Waals surface area (Å²) in [5, 5.41) is 0. The molecule has 1 aliphatic rings. The molecule has 0 spiro atoms. The molecule has 0 saturated heterocycles. The van der Waals surface area contributed by atoms with E-state index in [1.807, 2.05) is 25.1 Å². The Morgan fingerprint density at radius 3 is 2.94 bits per heavy atom. The van der Waals surface area contributed by atoms with Gasteiger partial charge in [0, 0.05) is 12.0 Å². The van der Waals surface area contributed by atoms with E-state index in [0.717, 1.165) is 17.7 Å². The number of methoxy groups -OCH3 is 1. The van der Waals surface area contributed by atoms with Crippen LogP contribution in [0.4, 0.5) is 0 Å². The highest BCUT2D eigenvalue weighted by molar-refractivity contribution is 5.71. The van der Waals surface area contributed by atoms with Crippen molar-refractivity contribution in [2.45, 2.75) is 31.7 Å². The number of ether oxygens (including phenoxy) is 2. The SMILES string of the molecule is CCOc1ccc2c(c1)CC(N)C2CC(=O)OC. The number of carbonyl (C=O) groups excluding carboxylic acids is 1. The van der Waals surface area contributed by atoms with E-state index in [4.69, 9.17) is 15.2 Å². The Labute approximate surface area is 107 Å². The lowest BCUT2D eigenvalue weighted by Crippen LogP contribution is -2.27. The average Bonchev–Trinajstić information content (AvgIpc) is 2.65. The highest BCUT2D eigenvalue weighted by Gasteiger charge is 2.32. The molecule has 18 heavy (non-hydrogen) atoms. The molecular weight excluding hydrogens is 230 g/mol. The number of nitrogens with two attached hydrogens (primary N) is 1. The lowest BCUT2D eigenvalue weighted by atomic mass is 9.95. The number of hydrogen-bond donors (Lipinski definition) is 1. The summed E-state index contributed by atoms with van der Waals surface area (Å²) in [5.41, 5.74) is 8.44. The van der Waals surface area contributed by atoms with E-state index in [1.165, 1.54) is 12.7 Å². The number of esters is 1. The van der Waals surface area contributed by atoms with Crippen LogP contribution < -0.4 is 10.5 Å². The Morgan fingerprint density at radius 1 is 1.50 bits per heavy atom. The Hall–Kier alpha value is -1.55. The summed E-state index contributed by atoms with van der Waals surface area (Å²) in [6, 6.07) is 5.96. The summed E-state index contributed by atoms with van der Waals surface area (Å²) in [4.78, 5) is 11.4. The van der Waals surface area contributed by atoms with Crippen LogP contribution in [0.3, 0.4) is 0 Å². The maximum absolute atomic E-state index is 11.4. The third kappa shape index (κ3) is 2.48. The first-order valence-corrected chi connectivity index (χ1v) is 6.23. The lowest BCUT2D eigenvalue weighted by molar-refractivity contribution is -0.141. The predicted octanol–water partition coefficient (Wildman–Crippen LogP) is 1.62. The van der Waals surface area contributed by atoms with Crippen molar-refractivity contribution in [3.05, 3.63) is 29.3 Å². The molecule has 0 fully saturated rings. The molecule has 0 aromatic heterocycles. The van der Waals surface area contributed by atoms with Crippen molar-refractivity contribution >= 4 is 5.97 Å². The molecule has 0 bridgehead atoms. The van der Waals surface area contributed by atoms with Gasteiger partial charge in [-0.05, 0) is 36.6 Å². The summed E-state index contributed by atoms with van der Waals surface area (Å²) >= 11 is 0. The van der Waals surface area contributed by atoms with E-state index in [1.54, 1.807) is 0 Å². The first-order chi connectivity index (χ1) is 8.65. The van der Waals surface area contributed by atoms with E-state index >= 15 is 0 Å². The molecule has 1 aromatic rings. The fourth-order valence-corrected chi connectivity index (χ4v) is 2.53. The molecule has 0 amide bonds. The highest BCUT2D eigenvalue weighted by Crippen LogP contribution is 2.36. The van der Waals surface area contributed by atoms with Gasteiger partial charge in [-0.25, -0.2) is 0 Å². The summed E-state index contributed by atoms with van der Waals surface area (Å²) < 4.78 is 10.2. The fraction of sp³-hybridized carbons (Fsp3) is 0.500. The molecule has 0 saturated carbocycles. The standard InChI is InChI=1S/C14H19NO3/c1-3-18-10-4-5-11-9(6-10)7-13(15)12(11)8-14(16)17-2/h4-6,12-13H,3,7-8,15H2,1-2H3. The number of rotatable bonds is 4. The monoisotopic (exact) mass is 249 g/mol. The van der Waals surface area contributed by atoms with Gasteiger partial charge in [0.2, 0.25) is 0 Å². The van der Waals surface area contributed by atoms with E-state index in [0.29, 0.717) is 13.0 Å². The van der Waals surface area contributed by atoms with Gasteiger partial charge in [0.25, 0.3) is 0 Å². The van der Waals surface area contributed by atoms with E-state index < -0.39 is 0 Å². The second kappa shape index (κ2) is 5.40. The topological polar surface area (TPSA) is 61.5 Å². The molecule has 2 unspecified atom stereocenters. The molecule has 4 nitrogen and oxygen atoms in total. The van der Waals surface area contributed by atoms with Crippen molar-refractivity contribution in [3.8, 4) is 5.75 Å². The van der Waals surface area contributed by atoms with Gasteiger partial charge in [0.15, 0.2) is 0 Å². The lowest BCUT2D eigenvalue weighted by Gasteiger charge is -2.15. The first kappa shape index (κ1) is 12.9. The van der Waals surface area contributed by atoms with Crippen molar-refractivity contribution in [1.82, 2.24) is 0 Å². The molecule has 2 rings (SSSR count). The number of fused-ring (bicyclic) bond motifs is 1. The minimum absolute atomic E-state index is 0.0176. The van der Waals surface area contributed by atoms with Crippen molar-refractivity contribution < 1.29 is 14.3 Å². The van der Waals surface area contributed by atoms with Crippen molar-refractivity contribution in [3.63, 3.8) is 0 Å². The molecule has 0 aliphatic heterocycles. The van der Waals surface area contributed by atoms with Crippen LogP contribution in [0.5, 0.6) is 5.75 Å². The fourth-order valence-electron chi connectivity index (χ4n) is 2.53. The molecule has 4 heteroatoms. The van der Waals surface area contributed by atoms with Gasteiger partial charge in [0.1, 0.15) is 5.75 Å². The summed E-state index contributed by atoms with van der Waals surface area (Å²) in [5.74, 6) is 0.711. The summed E-state index contributed by atoms with van der Waals surface area (Å²) in [6.07, 6.45) is 1.14. The first-order valence-electron chi connectivity index (χ1n) is 6.23. The second-order valence-corrected chi connectivity index (χ2v) is 4.55. The van der Waals surface area contributed by atoms with Gasteiger partial charge in [0.05, 0.1) is 20.1 Å². The molecule has 1 aliphatic carbocycles. The summed E-state index contributed by atoms with van der Waals surface area (Å²) in [6.45, 7) is 2.61. The Morgan fingerprint density at radius 2 is 2.28 bits per heavy atom. The van der Waals surface area contributed by atoms with Crippen molar-refractivity contribution in [1.29, 1.82) is 0 Å². The largest absolute Gasteiger partial charge is 0.494 e. The second-order valence-electron chi connectivity index (χ2n) is 4.55. The average molecular weight is 249 g/mol. The van der Waals surface area contributed by atoms with E-state index in [2.05, 4.69) is 0 Å². The number of carbonyl (C=O) groups is 1. The quantitative estimate of drug-likeness (QED) is 0.824.